The van der Waals surface area contributed by atoms with Crippen LogP contribution < -0.4 is 5.73 Å². The van der Waals surface area contributed by atoms with Crippen molar-refractivity contribution in [2.45, 2.75) is 46.3 Å². The molecule has 0 bridgehead atoms. The zero-order valence-electron chi connectivity index (χ0n) is 8.95. The predicted octanol–water partition coefficient (Wildman–Crippen LogP) is 0.946. The van der Waals surface area contributed by atoms with Gasteiger partial charge in [0.2, 0.25) is 0 Å². The van der Waals surface area contributed by atoms with Gasteiger partial charge in [-0.1, -0.05) is 20.8 Å². The van der Waals surface area contributed by atoms with Crippen LogP contribution in [0.2, 0.25) is 0 Å². The van der Waals surface area contributed by atoms with Gasteiger partial charge >= 0.3 is 0 Å². The number of rotatable bonds is 5. The molecule has 0 spiro atoms. The van der Waals surface area contributed by atoms with Crippen molar-refractivity contribution in [3.8, 4) is 0 Å². The Morgan fingerprint density at radius 2 is 1.77 bits per heavy atom. The molecule has 0 aromatic heterocycles. The van der Waals surface area contributed by atoms with Crippen LogP contribution in [-0.4, -0.2) is 23.0 Å². The normalized spacial score (nSPS) is 18.4. The molecule has 0 heterocycles. The lowest BCUT2D eigenvalue weighted by Gasteiger charge is -2.19. The average Bonchev–Trinajstić information content (AvgIpc) is 2.02. The van der Waals surface area contributed by atoms with Crippen molar-refractivity contribution in [2.24, 2.45) is 17.6 Å². The molecule has 1 unspecified atom stereocenters. The standard InChI is InChI=1S/C10H21NO2/c1-6(2)10(13)7(3)5-9(12)8(4)11/h6-9,12H,5,11H2,1-4H3/t7-,8+,9?/m1/s1. The van der Waals surface area contributed by atoms with E-state index in [1.165, 1.54) is 0 Å². The smallest absolute Gasteiger partial charge is 0.138 e. The van der Waals surface area contributed by atoms with E-state index in [9.17, 15) is 9.90 Å². The minimum atomic E-state index is -0.572. The molecule has 0 amide bonds. The van der Waals surface area contributed by atoms with Crippen LogP contribution in [0.25, 0.3) is 0 Å². The molecular weight excluding hydrogens is 166 g/mol. The van der Waals surface area contributed by atoms with Gasteiger partial charge in [-0.15, -0.1) is 0 Å². The maximum absolute atomic E-state index is 11.4. The number of carbonyl (C=O) groups excluding carboxylic acids is 1. The van der Waals surface area contributed by atoms with Gasteiger partial charge in [-0.3, -0.25) is 4.79 Å². The van der Waals surface area contributed by atoms with Gasteiger partial charge in [0.05, 0.1) is 6.10 Å². The lowest BCUT2D eigenvalue weighted by atomic mass is 9.90. The highest BCUT2D eigenvalue weighted by molar-refractivity contribution is 5.82. The SMILES string of the molecule is CC(C)C(=O)[C@H](C)CC(O)[C@H](C)N. The first kappa shape index (κ1) is 12.6. The number of hydrogen-bond acceptors (Lipinski definition) is 3. The molecule has 0 rings (SSSR count). The van der Waals surface area contributed by atoms with Crippen molar-refractivity contribution in [1.82, 2.24) is 0 Å². The van der Waals surface area contributed by atoms with Crippen molar-refractivity contribution in [1.29, 1.82) is 0 Å². The zero-order chi connectivity index (χ0) is 10.6. The summed E-state index contributed by atoms with van der Waals surface area (Å²) in [6.45, 7) is 7.33. The summed E-state index contributed by atoms with van der Waals surface area (Å²) in [5.41, 5.74) is 5.50. The number of hydrogen-bond donors (Lipinski definition) is 2. The molecule has 0 aromatic rings. The fourth-order valence-corrected chi connectivity index (χ4v) is 1.26. The van der Waals surface area contributed by atoms with Crippen LogP contribution in [0.4, 0.5) is 0 Å². The molecule has 3 N–H and O–H groups in total. The Kier molecular flexibility index (Phi) is 5.18. The first-order chi connectivity index (χ1) is 5.86. The highest BCUT2D eigenvalue weighted by atomic mass is 16.3. The van der Waals surface area contributed by atoms with Crippen LogP contribution in [-0.2, 0) is 4.79 Å². The van der Waals surface area contributed by atoms with Crippen molar-refractivity contribution >= 4 is 5.78 Å². The summed E-state index contributed by atoms with van der Waals surface area (Å²) in [6.07, 6.45) is -0.105. The lowest BCUT2D eigenvalue weighted by molar-refractivity contribution is -0.126. The Balaban J connectivity index is 4.00. The monoisotopic (exact) mass is 187 g/mol. The third-order valence-electron chi connectivity index (χ3n) is 2.26. The fourth-order valence-electron chi connectivity index (χ4n) is 1.26. The predicted molar refractivity (Wildman–Crippen MR) is 53.3 cm³/mol. The van der Waals surface area contributed by atoms with Crippen molar-refractivity contribution in [3.63, 3.8) is 0 Å². The largest absolute Gasteiger partial charge is 0.392 e. The number of aliphatic hydroxyl groups excluding tert-OH is 1. The molecular formula is C10H21NO2. The summed E-state index contributed by atoms with van der Waals surface area (Å²) in [7, 11) is 0. The molecule has 0 aromatic carbocycles. The Labute approximate surface area is 80.3 Å². The van der Waals surface area contributed by atoms with Gasteiger partial charge in [-0.25, -0.2) is 0 Å². The number of aliphatic hydroxyl groups is 1. The van der Waals surface area contributed by atoms with Gasteiger partial charge < -0.3 is 10.8 Å². The molecule has 0 aliphatic heterocycles. The van der Waals surface area contributed by atoms with E-state index in [1.54, 1.807) is 6.92 Å². The van der Waals surface area contributed by atoms with E-state index >= 15 is 0 Å². The van der Waals surface area contributed by atoms with E-state index in [0.29, 0.717) is 6.42 Å². The first-order valence-electron chi connectivity index (χ1n) is 4.83. The van der Waals surface area contributed by atoms with Gasteiger partial charge in [-0.2, -0.15) is 0 Å². The Hall–Kier alpha value is -0.410. The van der Waals surface area contributed by atoms with Crippen LogP contribution in [0.1, 0.15) is 34.1 Å². The van der Waals surface area contributed by atoms with Crippen LogP contribution >= 0.6 is 0 Å². The number of ketones is 1. The molecule has 3 nitrogen and oxygen atoms in total. The van der Waals surface area contributed by atoms with Gasteiger partial charge in [-0.05, 0) is 13.3 Å². The second kappa shape index (κ2) is 5.35. The van der Waals surface area contributed by atoms with E-state index in [4.69, 9.17) is 5.73 Å². The summed E-state index contributed by atoms with van der Waals surface area (Å²) in [4.78, 5) is 11.4. The summed E-state index contributed by atoms with van der Waals surface area (Å²) >= 11 is 0. The van der Waals surface area contributed by atoms with Gasteiger partial charge in [0.25, 0.3) is 0 Å². The molecule has 13 heavy (non-hydrogen) atoms. The van der Waals surface area contributed by atoms with Gasteiger partial charge in [0, 0.05) is 17.9 Å². The van der Waals surface area contributed by atoms with E-state index in [1.807, 2.05) is 20.8 Å². The summed E-state index contributed by atoms with van der Waals surface area (Å²) < 4.78 is 0. The molecule has 0 fully saturated rings. The maximum Gasteiger partial charge on any atom is 0.138 e. The Bertz CT molecular complexity index is 166. The van der Waals surface area contributed by atoms with Gasteiger partial charge in [0.15, 0.2) is 0 Å². The zero-order valence-corrected chi connectivity index (χ0v) is 8.95. The fraction of sp³-hybridized carbons (Fsp3) is 0.900. The van der Waals surface area contributed by atoms with E-state index in [-0.39, 0.29) is 23.7 Å². The molecule has 0 radical (unpaired) electrons. The molecule has 0 saturated heterocycles. The van der Waals surface area contributed by atoms with Crippen molar-refractivity contribution < 1.29 is 9.90 Å². The first-order valence-corrected chi connectivity index (χ1v) is 4.83. The third kappa shape index (κ3) is 4.39. The minimum absolute atomic E-state index is 0.0373. The highest BCUT2D eigenvalue weighted by Gasteiger charge is 2.21. The van der Waals surface area contributed by atoms with Crippen molar-refractivity contribution in [2.75, 3.05) is 0 Å². The summed E-state index contributed by atoms with van der Waals surface area (Å²) in [5.74, 6) is 0.135. The molecule has 3 atom stereocenters. The molecule has 3 heteroatoms. The van der Waals surface area contributed by atoms with Crippen LogP contribution in [0.5, 0.6) is 0 Å². The molecule has 78 valence electrons. The topological polar surface area (TPSA) is 63.3 Å². The second-order valence-electron chi connectivity index (χ2n) is 4.12. The van der Waals surface area contributed by atoms with E-state index < -0.39 is 6.10 Å². The second-order valence-corrected chi connectivity index (χ2v) is 4.12. The number of carbonyl (C=O) groups is 1. The Morgan fingerprint density at radius 3 is 2.08 bits per heavy atom. The quantitative estimate of drug-likeness (QED) is 0.673. The number of nitrogens with two attached hydrogens (primary N) is 1. The van der Waals surface area contributed by atoms with Gasteiger partial charge in [0.1, 0.15) is 5.78 Å². The number of Topliss-reactive ketones (excluding diaryl/α,β-unsaturated/α-hetero) is 1. The van der Waals surface area contributed by atoms with E-state index in [2.05, 4.69) is 0 Å². The third-order valence-corrected chi connectivity index (χ3v) is 2.26. The van der Waals surface area contributed by atoms with Crippen LogP contribution in [0.15, 0.2) is 0 Å². The van der Waals surface area contributed by atoms with Crippen molar-refractivity contribution in [3.05, 3.63) is 0 Å². The molecule has 0 saturated carbocycles. The van der Waals surface area contributed by atoms with Crippen LogP contribution in [0.3, 0.4) is 0 Å². The highest BCUT2D eigenvalue weighted by Crippen LogP contribution is 2.13. The molecule has 0 aliphatic carbocycles. The summed E-state index contributed by atoms with van der Waals surface area (Å²) in [6, 6.07) is -0.262. The Morgan fingerprint density at radius 1 is 1.31 bits per heavy atom. The lowest BCUT2D eigenvalue weighted by Crippen LogP contribution is -2.34. The minimum Gasteiger partial charge on any atom is -0.392 e. The molecule has 0 aliphatic rings. The van der Waals surface area contributed by atoms with Crippen LogP contribution in [0, 0.1) is 11.8 Å². The maximum atomic E-state index is 11.4. The van der Waals surface area contributed by atoms with E-state index in [0.717, 1.165) is 0 Å². The average molecular weight is 187 g/mol. The summed E-state index contributed by atoms with van der Waals surface area (Å²) in [5, 5.41) is 9.45.